The Kier molecular flexibility index (Phi) is 8.65. The molecular weight excluding hydrogens is 587 g/mol. The van der Waals surface area contributed by atoms with E-state index in [-0.39, 0.29) is 0 Å². The molecule has 2 saturated heterocycles. The molecule has 0 bridgehead atoms. The Labute approximate surface area is 258 Å². The summed E-state index contributed by atoms with van der Waals surface area (Å²) in [6, 6.07) is 18.8. The van der Waals surface area contributed by atoms with Gasteiger partial charge in [0.1, 0.15) is 29.3 Å². The van der Waals surface area contributed by atoms with Crippen molar-refractivity contribution in [3.8, 4) is 22.8 Å². The number of piperidine rings is 1. The molecule has 45 heavy (non-hydrogen) atoms. The van der Waals surface area contributed by atoms with Crippen LogP contribution in [0.4, 0.5) is 19.0 Å². The fraction of sp³-hybridized carbons (Fsp3) is 0.438. The van der Waals surface area contributed by atoms with Crippen molar-refractivity contribution in [3.63, 3.8) is 0 Å². The van der Waals surface area contributed by atoms with Crippen LogP contribution in [0.1, 0.15) is 44.6 Å². The van der Waals surface area contributed by atoms with Gasteiger partial charge in [-0.25, -0.2) is 19.4 Å². The van der Waals surface area contributed by atoms with Gasteiger partial charge in [-0.3, -0.25) is 0 Å². The Morgan fingerprint density at radius 1 is 0.933 bits per heavy atom. The number of fused-ring (bicyclic) bond motifs is 1. The monoisotopic (exact) mass is 623 g/mol. The summed E-state index contributed by atoms with van der Waals surface area (Å²) in [5.41, 5.74) is 9.64. The number of halogens is 3. The molecule has 0 atom stereocenters. The first-order valence-electron chi connectivity index (χ1n) is 15.2. The van der Waals surface area contributed by atoms with Crippen molar-refractivity contribution in [1.82, 2.24) is 30.0 Å². The van der Waals surface area contributed by atoms with Crippen molar-refractivity contribution in [2.24, 2.45) is 5.41 Å². The highest BCUT2D eigenvalue weighted by molar-refractivity contribution is 5.98. The van der Waals surface area contributed by atoms with Gasteiger partial charge in [-0.15, -0.1) is 0 Å². The van der Waals surface area contributed by atoms with E-state index < -0.39 is 12.1 Å². The Morgan fingerprint density at radius 2 is 1.53 bits per heavy atom. The van der Waals surface area contributed by atoms with Crippen molar-refractivity contribution in [2.75, 3.05) is 31.9 Å². The normalized spacial score (nSPS) is 21.5. The summed E-state index contributed by atoms with van der Waals surface area (Å²) >= 11 is 0. The van der Waals surface area contributed by atoms with Crippen LogP contribution in [0.5, 0.6) is 11.5 Å². The van der Waals surface area contributed by atoms with Crippen molar-refractivity contribution in [1.29, 1.82) is 0 Å². The fourth-order valence-corrected chi connectivity index (χ4v) is 6.62. The third kappa shape index (κ3) is 6.74. The van der Waals surface area contributed by atoms with Crippen molar-refractivity contribution >= 4 is 22.8 Å². The number of carbonyl (C=O) groups is 1. The number of carboxylic acid groups (broad SMARTS) is 1. The molecule has 3 fully saturated rings. The maximum atomic E-state index is 10.6. The second kappa shape index (κ2) is 12.6. The van der Waals surface area contributed by atoms with Gasteiger partial charge in [0.05, 0.1) is 11.4 Å². The van der Waals surface area contributed by atoms with E-state index in [9.17, 15) is 13.2 Å². The van der Waals surface area contributed by atoms with E-state index in [0.717, 1.165) is 46.6 Å². The van der Waals surface area contributed by atoms with Crippen molar-refractivity contribution < 1.29 is 27.8 Å². The molecule has 3 aliphatic rings. The minimum atomic E-state index is -5.08. The molecule has 4 heterocycles. The van der Waals surface area contributed by atoms with E-state index in [1.54, 1.807) is 6.33 Å². The van der Waals surface area contributed by atoms with Gasteiger partial charge in [0, 0.05) is 24.7 Å². The highest BCUT2D eigenvalue weighted by atomic mass is 19.4. The third-order valence-electron chi connectivity index (χ3n) is 9.25. The number of ether oxygens (including phenoxy) is 1. The summed E-state index contributed by atoms with van der Waals surface area (Å²) in [5, 5.41) is 16.5. The molecule has 7 rings (SSSR count). The van der Waals surface area contributed by atoms with Gasteiger partial charge in [-0.1, -0.05) is 18.2 Å². The van der Waals surface area contributed by atoms with Gasteiger partial charge in [0.25, 0.3) is 0 Å². The second-order valence-electron chi connectivity index (χ2n) is 12.1. The van der Waals surface area contributed by atoms with E-state index in [0.29, 0.717) is 23.3 Å². The van der Waals surface area contributed by atoms with Gasteiger partial charge in [-0.2, -0.15) is 18.3 Å². The number of rotatable bonds is 5. The molecule has 2 aliphatic heterocycles. The standard InChI is InChI=1S/C30H35N7O.C2HF3O2/c31-28-26-27(21-6-12-25(13-7-21)38-24-4-2-1-3-5-24)35-37(29(26)34-20-33-28)23-10-8-22(9-11-23)36-16-14-30(15-17-36)18-32-19-30;3-2(4,5)1(6)7/h1-7,12-13,20,22-23,32H,8-11,14-19H2,(H2,31,33,34);(H,6,7). The molecule has 238 valence electrons. The van der Waals surface area contributed by atoms with Crippen LogP contribution in [-0.2, 0) is 4.79 Å². The van der Waals surface area contributed by atoms with E-state index >= 15 is 0 Å². The van der Waals surface area contributed by atoms with Gasteiger partial charge >= 0.3 is 12.1 Å². The molecule has 2 aromatic heterocycles. The zero-order valence-electron chi connectivity index (χ0n) is 24.7. The summed E-state index contributed by atoms with van der Waals surface area (Å²) in [6.45, 7) is 4.94. The van der Waals surface area contributed by atoms with Crippen LogP contribution in [0.25, 0.3) is 22.3 Å². The summed E-state index contributed by atoms with van der Waals surface area (Å²) < 4.78 is 39.8. The quantitative estimate of drug-likeness (QED) is 0.257. The Balaban J connectivity index is 0.000000460. The number of alkyl halides is 3. The zero-order valence-corrected chi connectivity index (χ0v) is 24.7. The smallest absolute Gasteiger partial charge is 0.475 e. The van der Waals surface area contributed by atoms with E-state index in [1.165, 1.54) is 51.9 Å². The number of para-hydroxylation sites is 1. The Bertz CT molecular complexity index is 1610. The van der Waals surface area contributed by atoms with E-state index in [2.05, 4.69) is 24.9 Å². The number of nitrogens with zero attached hydrogens (tertiary/aromatic N) is 5. The number of hydrogen-bond acceptors (Lipinski definition) is 8. The Morgan fingerprint density at radius 3 is 2.11 bits per heavy atom. The highest BCUT2D eigenvalue weighted by Crippen LogP contribution is 2.40. The topological polar surface area (TPSA) is 131 Å². The van der Waals surface area contributed by atoms with Crippen LogP contribution >= 0.6 is 0 Å². The molecule has 0 radical (unpaired) electrons. The maximum absolute atomic E-state index is 10.6. The number of nitrogens with two attached hydrogens (primary N) is 1. The number of carboxylic acids is 1. The lowest BCUT2D eigenvalue weighted by Crippen LogP contribution is -2.59. The van der Waals surface area contributed by atoms with Crippen LogP contribution in [-0.4, -0.2) is 74.1 Å². The first-order valence-corrected chi connectivity index (χ1v) is 15.2. The number of nitrogens with one attached hydrogen (secondary N) is 1. The molecular formula is C32H36F3N7O3. The first-order chi connectivity index (χ1) is 21.6. The predicted molar refractivity (Wildman–Crippen MR) is 163 cm³/mol. The van der Waals surface area contributed by atoms with Gasteiger partial charge in [0.2, 0.25) is 0 Å². The summed E-state index contributed by atoms with van der Waals surface area (Å²) in [5.74, 6) is -0.689. The molecule has 13 heteroatoms. The number of nitrogen functional groups attached to an aromatic ring is 1. The second-order valence-corrected chi connectivity index (χ2v) is 12.1. The van der Waals surface area contributed by atoms with E-state index in [1.807, 2.05) is 54.6 Å². The largest absolute Gasteiger partial charge is 0.490 e. The highest BCUT2D eigenvalue weighted by Gasteiger charge is 2.41. The molecule has 0 unspecified atom stereocenters. The van der Waals surface area contributed by atoms with Crippen LogP contribution < -0.4 is 15.8 Å². The van der Waals surface area contributed by atoms with Gasteiger partial charge < -0.3 is 25.8 Å². The summed E-state index contributed by atoms with van der Waals surface area (Å²) in [7, 11) is 0. The number of likely N-dealkylation sites (tertiary alicyclic amines) is 1. The van der Waals surface area contributed by atoms with Crippen molar-refractivity contribution in [3.05, 3.63) is 60.9 Å². The number of hydrogen-bond donors (Lipinski definition) is 3. The molecule has 2 aromatic carbocycles. The SMILES string of the molecule is Nc1ncnc2c1c(-c1ccc(Oc3ccccc3)cc1)nn2C1CCC(N2CCC3(CC2)CNC3)CC1.O=C(O)C(F)(F)F. The molecule has 0 amide bonds. The van der Waals surface area contributed by atoms with Crippen LogP contribution in [0, 0.1) is 5.41 Å². The average molecular weight is 624 g/mol. The molecule has 4 N–H and O–H groups in total. The fourth-order valence-electron chi connectivity index (χ4n) is 6.62. The van der Waals surface area contributed by atoms with Crippen molar-refractivity contribution in [2.45, 2.75) is 56.8 Å². The predicted octanol–water partition coefficient (Wildman–Crippen LogP) is 5.67. The van der Waals surface area contributed by atoms with Crippen LogP contribution in [0.15, 0.2) is 60.9 Å². The zero-order chi connectivity index (χ0) is 31.6. The maximum Gasteiger partial charge on any atom is 0.490 e. The lowest BCUT2D eigenvalue weighted by atomic mass is 9.73. The first kappa shape index (κ1) is 30.8. The molecule has 10 nitrogen and oxygen atoms in total. The molecule has 1 saturated carbocycles. The lowest BCUT2D eigenvalue weighted by Gasteiger charge is -2.50. The van der Waals surface area contributed by atoms with Crippen LogP contribution in [0.2, 0.25) is 0 Å². The minimum Gasteiger partial charge on any atom is -0.475 e. The number of aliphatic carboxylic acids is 1. The minimum absolute atomic E-state index is 0.324. The van der Waals surface area contributed by atoms with Crippen LogP contribution in [0.3, 0.4) is 0 Å². The number of aromatic nitrogens is 4. The van der Waals surface area contributed by atoms with E-state index in [4.69, 9.17) is 25.5 Å². The summed E-state index contributed by atoms with van der Waals surface area (Å²) in [4.78, 5) is 20.6. The molecule has 1 spiro atoms. The number of anilines is 1. The molecule has 4 aromatic rings. The van der Waals surface area contributed by atoms with Gasteiger partial charge in [-0.05, 0) is 93.4 Å². The number of benzene rings is 2. The Hall–Kier alpha value is -4.23. The lowest BCUT2D eigenvalue weighted by molar-refractivity contribution is -0.192. The average Bonchev–Trinajstić information content (AvgIpc) is 3.42. The summed E-state index contributed by atoms with van der Waals surface area (Å²) in [6.07, 6.45) is 3.80. The molecule has 1 aliphatic carbocycles. The van der Waals surface area contributed by atoms with Gasteiger partial charge in [0.15, 0.2) is 5.65 Å². The third-order valence-corrected chi connectivity index (χ3v) is 9.25.